The van der Waals surface area contributed by atoms with Crippen molar-refractivity contribution in [2.45, 2.75) is 18.3 Å². The third-order valence-corrected chi connectivity index (χ3v) is 2.59. The number of nitrogens with zero attached hydrogens (tertiary/aromatic N) is 1. The summed E-state index contributed by atoms with van der Waals surface area (Å²) in [6, 6.07) is 8.86. The molecule has 0 fully saturated rings. The Kier molecular flexibility index (Phi) is 5.34. The lowest BCUT2D eigenvalue weighted by molar-refractivity contribution is -0.197. The molecule has 1 unspecified atom stereocenters. The standard InChI is InChI=1S/C13H11F3N2O4/c1-21-10(19)12(8-17,13(14,15)16)18-11(20)22-7-9-5-3-2-4-6-9/h2-6H,7H2,1H3,(H,18,20). The Balaban J connectivity index is 2.85. The van der Waals surface area contributed by atoms with Gasteiger partial charge < -0.3 is 9.47 Å². The van der Waals surface area contributed by atoms with Crippen molar-refractivity contribution in [1.82, 2.24) is 5.32 Å². The summed E-state index contributed by atoms with van der Waals surface area (Å²) in [5, 5.41) is 9.93. The molecule has 1 aromatic carbocycles. The van der Waals surface area contributed by atoms with E-state index >= 15 is 0 Å². The predicted octanol–water partition coefficient (Wildman–Crippen LogP) is 1.91. The quantitative estimate of drug-likeness (QED) is 0.857. The van der Waals surface area contributed by atoms with E-state index in [9.17, 15) is 22.8 Å². The van der Waals surface area contributed by atoms with Gasteiger partial charge in [0.2, 0.25) is 0 Å². The van der Waals surface area contributed by atoms with Crippen molar-refractivity contribution in [2.75, 3.05) is 7.11 Å². The van der Waals surface area contributed by atoms with E-state index in [0.717, 1.165) is 6.07 Å². The summed E-state index contributed by atoms with van der Waals surface area (Å²) in [5.74, 6) is -1.96. The lowest BCUT2D eigenvalue weighted by Gasteiger charge is -2.26. The molecule has 1 aromatic rings. The summed E-state index contributed by atoms with van der Waals surface area (Å²) in [6.07, 6.45) is -6.95. The smallest absolute Gasteiger partial charge is 0.436 e. The van der Waals surface area contributed by atoms with Crippen LogP contribution in [0.5, 0.6) is 0 Å². The van der Waals surface area contributed by atoms with Crippen LogP contribution < -0.4 is 5.32 Å². The van der Waals surface area contributed by atoms with Gasteiger partial charge in [-0.25, -0.2) is 9.59 Å². The van der Waals surface area contributed by atoms with Crippen molar-refractivity contribution in [3.8, 4) is 6.07 Å². The number of alkyl halides is 3. The highest BCUT2D eigenvalue weighted by molar-refractivity contribution is 5.90. The molecule has 0 aliphatic carbocycles. The normalized spacial score (nSPS) is 13.4. The highest BCUT2D eigenvalue weighted by Gasteiger charge is 2.64. The molecular formula is C13H11F3N2O4. The second kappa shape index (κ2) is 6.80. The minimum absolute atomic E-state index is 0.326. The molecule has 0 aliphatic rings. The molecule has 9 heteroatoms. The molecule has 0 aliphatic heterocycles. The molecule has 22 heavy (non-hydrogen) atoms. The first-order chi connectivity index (χ1) is 10.3. The van der Waals surface area contributed by atoms with Crippen LogP contribution >= 0.6 is 0 Å². The fourth-order valence-electron chi connectivity index (χ4n) is 1.44. The van der Waals surface area contributed by atoms with Gasteiger partial charge in [-0.15, -0.1) is 0 Å². The van der Waals surface area contributed by atoms with Gasteiger partial charge in [0.15, 0.2) is 0 Å². The maximum absolute atomic E-state index is 12.9. The molecule has 1 atom stereocenters. The number of ether oxygens (including phenoxy) is 2. The zero-order valence-electron chi connectivity index (χ0n) is 11.3. The Morgan fingerprint density at radius 2 is 1.86 bits per heavy atom. The van der Waals surface area contributed by atoms with Gasteiger partial charge in [0.25, 0.3) is 0 Å². The van der Waals surface area contributed by atoms with Gasteiger partial charge in [-0.3, -0.25) is 5.32 Å². The van der Waals surface area contributed by atoms with Crippen LogP contribution in [-0.4, -0.2) is 30.9 Å². The number of carbonyl (C=O) groups excluding carboxylic acids is 2. The van der Waals surface area contributed by atoms with Crippen LogP contribution in [0.2, 0.25) is 0 Å². The number of amides is 1. The van der Waals surface area contributed by atoms with E-state index in [-0.39, 0.29) is 6.61 Å². The average Bonchev–Trinajstić information content (AvgIpc) is 2.49. The number of hydrogen-bond acceptors (Lipinski definition) is 5. The predicted molar refractivity (Wildman–Crippen MR) is 66.2 cm³/mol. The van der Waals surface area contributed by atoms with Crippen molar-refractivity contribution in [3.63, 3.8) is 0 Å². The number of halogens is 3. The lowest BCUT2D eigenvalue weighted by atomic mass is 10.0. The van der Waals surface area contributed by atoms with Gasteiger partial charge in [0.1, 0.15) is 12.7 Å². The minimum Gasteiger partial charge on any atom is -0.466 e. The number of hydrogen-bond donors (Lipinski definition) is 1. The third kappa shape index (κ3) is 3.66. The topological polar surface area (TPSA) is 88.4 Å². The number of nitriles is 1. The van der Waals surface area contributed by atoms with Crippen molar-refractivity contribution in [1.29, 1.82) is 5.26 Å². The summed E-state index contributed by atoms with van der Waals surface area (Å²) < 4.78 is 47.3. The molecule has 0 spiro atoms. The lowest BCUT2D eigenvalue weighted by Crippen LogP contribution is -2.63. The van der Waals surface area contributed by atoms with Crippen LogP contribution in [0, 0.1) is 11.3 Å². The first kappa shape index (κ1) is 17.3. The molecule has 118 valence electrons. The van der Waals surface area contributed by atoms with Gasteiger partial charge in [-0.1, -0.05) is 30.3 Å². The highest BCUT2D eigenvalue weighted by atomic mass is 19.4. The van der Waals surface area contributed by atoms with E-state index in [1.807, 2.05) is 0 Å². The maximum Gasteiger partial charge on any atom is 0.436 e. The SMILES string of the molecule is COC(=O)C(C#N)(NC(=O)OCc1ccccc1)C(F)(F)F. The number of methoxy groups -OCH3 is 1. The highest BCUT2D eigenvalue weighted by Crippen LogP contribution is 2.31. The Morgan fingerprint density at radius 3 is 2.32 bits per heavy atom. The summed E-state index contributed by atoms with van der Waals surface area (Å²) in [7, 11) is 0.664. The van der Waals surface area contributed by atoms with E-state index in [1.165, 1.54) is 5.32 Å². The molecule has 0 bridgehead atoms. The first-order valence-corrected chi connectivity index (χ1v) is 5.82. The van der Waals surface area contributed by atoms with Gasteiger partial charge in [0.05, 0.1) is 7.11 Å². The number of nitrogens with one attached hydrogen (secondary N) is 1. The van der Waals surface area contributed by atoms with Gasteiger partial charge >= 0.3 is 23.8 Å². The molecule has 1 rings (SSSR count). The van der Waals surface area contributed by atoms with Crippen molar-refractivity contribution >= 4 is 12.1 Å². The van der Waals surface area contributed by atoms with Crippen molar-refractivity contribution < 1.29 is 32.2 Å². The van der Waals surface area contributed by atoms with Crippen LogP contribution in [-0.2, 0) is 20.9 Å². The molecule has 1 amide bonds. The molecule has 6 nitrogen and oxygen atoms in total. The van der Waals surface area contributed by atoms with Crippen molar-refractivity contribution in [3.05, 3.63) is 35.9 Å². The summed E-state index contributed by atoms with van der Waals surface area (Å²) >= 11 is 0. The van der Waals surface area contributed by atoms with Crippen LogP contribution in [0.3, 0.4) is 0 Å². The third-order valence-electron chi connectivity index (χ3n) is 2.59. The summed E-state index contributed by atoms with van der Waals surface area (Å²) in [4.78, 5) is 22.8. The van der Waals surface area contributed by atoms with E-state index in [0.29, 0.717) is 12.7 Å². The molecule has 0 saturated heterocycles. The Labute approximate surface area is 123 Å². The Bertz CT molecular complexity index is 583. The monoisotopic (exact) mass is 316 g/mol. The first-order valence-electron chi connectivity index (χ1n) is 5.82. The number of esters is 1. The van der Waals surface area contributed by atoms with Crippen LogP contribution in [0.1, 0.15) is 5.56 Å². The van der Waals surface area contributed by atoms with Crippen LogP contribution in [0.25, 0.3) is 0 Å². The Hall–Kier alpha value is -2.76. The average molecular weight is 316 g/mol. The van der Waals surface area contributed by atoms with Gasteiger partial charge in [-0.2, -0.15) is 18.4 Å². The molecule has 0 saturated carbocycles. The zero-order chi connectivity index (χ0) is 16.8. The second-order valence-electron chi connectivity index (χ2n) is 4.04. The summed E-state index contributed by atoms with van der Waals surface area (Å²) in [5.41, 5.74) is -3.31. The van der Waals surface area contributed by atoms with Gasteiger partial charge in [-0.05, 0) is 5.56 Å². The molecule has 0 radical (unpaired) electrons. The summed E-state index contributed by atoms with van der Waals surface area (Å²) in [6.45, 7) is -0.326. The molecule has 1 N–H and O–H groups in total. The molecular weight excluding hydrogens is 305 g/mol. The molecule has 0 aromatic heterocycles. The van der Waals surface area contributed by atoms with Crippen molar-refractivity contribution in [2.24, 2.45) is 0 Å². The van der Waals surface area contributed by atoms with Crippen LogP contribution in [0.15, 0.2) is 30.3 Å². The van der Waals surface area contributed by atoms with E-state index in [4.69, 9.17) is 5.26 Å². The van der Waals surface area contributed by atoms with E-state index in [1.54, 1.807) is 30.3 Å². The number of rotatable bonds is 4. The fourth-order valence-corrected chi connectivity index (χ4v) is 1.44. The van der Waals surface area contributed by atoms with Gasteiger partial charge in [0, 0.05) is 0 Å². The minimum atomic E-state index is -5.37. The second-order valence-corrected chi connectivity index (χ2v) is 4.04. The fraction of sp³-hybridized carbons (Fsp3) is 0.308. The van der Waals surface area contributed by atoms with E-state index < -0.39 is 23.8 Å². The number of carbonyl (C=O) groups is 2. The van der Waals surface area contributed by atoms with Crippen LogP contribution in [0.4, 0.5) is 18.0 Å². The molecule has 0 heterocycles. The number of alkyl carbamates (subject to hydrolysis) is 1. The van der Waals surface area contributed by atoms with E-state index in [2.05, 4.69) is 9.47 Å². The number of benzene rings is 1. The zero-order valence-corrected chi connectivity index (χ0v) is 11.3. The Morgan fingerprint density at radius 1 is 1.27 bits per heavy atom. The maximum atomic E-state index is 12.9. The largest absolute Gasteiger partial charge is 0.466 e.